The predicted molar refractivity (Wildman–Crippen MR) is 327 cm³/mol. The van der Waals surface area contributed by atoms with Crippen LogP contribution in [-0.2, 0) is 25.5 Å². The van der Waals surface area contributed by atoms with Crippen molar-refractivity contribution in [3.8, 4) is 0 Å². The van der Waals surface area contributed by atoms with Crippen molar-refractivity contribution in [2.24, 2.45) is 5.92 Å². The largest absolute Gasteiger partial charge is 0.481 e. The minimum absolute atomic E-state index is 0.122. The molecule has 0 heterocycles. The molecule has 0 aliphatic heterocycles. The Labute approximate surface area is 476 Å². The number of hydrogen-bond donors (Lipinski definition) is 5. The zero-order chi connectivity index (χ0) is 60.1. The summed E-state index contributed by atoms with van der Waals surface area (Å²) >= 11 is 0. The second-order valence-electron chi connectivity index (χ2n) is 21.4. The molecule has 0 spiro atoms. The zero-order valence-electron chi connectivity index (χ0n) is 50.7. The number of aromatic carboxylic acids is 2. The molecule has 2 aromatic carbocycles. The van der Waals surface area contributed by atoms with Gasteiger partial charge in [-0.05, 0) is 184 Å². The normalized spacial score (nSPS) is 12.1. The molecule has 11 nitrogen and oxygen atoms in total. The van der Waals surface area contributed by atoms with Crippen LogP contribution >= 0.6 is 0 Å². The van der Waals surface area contributed by atoms with Crippen LogP contribution in [0.25, 0.3) is 0 Å². The molecular formula is C68H102O11. The van der Waals surface area contributed by atoms with Crippen LogP contribution in [0.1, 0.15) is 237 Å². The molecule has 2 rings (SSSR count). The van der Waals surface area contributed by atoms with Gasteiger partial charge in [0.1, 0.15) is 6.61 Å². The van der Waals surface area contributed by atoms with Crippen LogP contribution in [0.15, 0.2) is 142 Å². The fraction of sp³-hybridized carbons (Fsp3) is 0.515. The van der Waals surface area contributed by atoms with Gasteiger partial charge in [-0.1, -0.05) is 175 Å². The van der Waals surface area contributed by atoms with Gasteiger partial charge in [0.2, 0.25) is 0 Å². The molecule has 0 bridgehead atoms. The second kappa shape index (κ2) is 46.6. The van der Waals surface area contributed by atoms with Gasteiger partial charge in [0.15, 0.2) is 0 Å². The molecule has 0 radical (unpaired) electrons. The summed E-state index contributed by atoms with van der Waals surface area (Å²) in [5, 5.41) is 45.4. The summed E-state index contributed by atoms with van der Waals surface area (Å²) in [5.74, 6) is -5.39. The van der Waals surface area contributed by atoms with E-state index in [2.05, 4.69) is 126 Å². The van der Waals surface area contributed by atoms with Crippen LogP contribution in [-0.4, -0.2) is 68.6 Å². The maximum Gasteiger partial charge on any atom is 0.336 e. The summed E-state index contributed by atoms with van der Waals surface area (Å²) < 4.78 is 4.93. The van der Waals surface area contributed by atoms with E-state index in [9.17, 15) is 39.3 Å². The smallest absolute Gasteiger partial charge is 0.336 e. The standard InChI is InChI=1S/C19H34O2.C18H22O4.C18H24O2.C13H22O3/c1-5-6-7-8-9-13-18(19(20)21)15-14-17(4)12-10-11-16(2)3;1-12(2)6-4-7-13(3)10-11-14-8-5-9-15(17(19)20)16(14)18(21)22;1-14(2)8-7-9-15(3)12-13-17(18(19)20)16-10-5-4-6-11-16;1-11(2)6-4-7-12(3)8-5-9-16-10-13(14)15/h11,14,18H,5-10,12-13,15H2,1-4H3,(H,20,21);5-6,8-10H,4,7,11H2,1-3H3,(H,19,20)(H,21,22);4-6,8,10-12,17H,7,9,13H2,1-3H3,(H,19,20);6,8H,4-5,7,9-10H2,1-3H3,(H,14,15). The first-order chi connectivity index (χ1) is 37.3. The number of allylic oxidation sites excluding steroid dienone is 15. The van der Waals surface area contributed by atoms with Gasteiger partial charge in [0, 0.05) is 0 Å². The van der Waals surface area contributed by atoms with Crippen molar-refractivity contribution >= 4 is 29.8 Å². The minimum atomic E-state index is -1.22. The second-order valence-corrected chi connectivity index (χ2v) is 21.4. The van der Waals surface area contributed by atoms with Gasteiger partial charge in [-0.3, -0.25) is 9.59 Å². The minimum Gasteiger partial charge on any atom is -0.481 e. The Morgan fingerprint density at radius 1 is 0.481 bits per heavy atom. The van der Waals surface area contributed by atoms with Crippen LogP contribution in [0.5, 0.6) is 0 Å². The molecule has 2 aromatic rings. The Bertz CT molecular complexity index is 2340. The van der Waals surface area contributed by atoms with Gasteiger partial charge in [-0.25, -0.2) is 14.4 Å². The Kier molecular flexibility index (Phi) is 44.1. The lowest BCUT2D eigenvalue weighted by Crippen LogP contribution is -2.12. The van der Waals surface area contributed by atoms with Crippen molar-refractivity contribution in [2.45, 2.75) is 212 Å². The van der Waals surface area contributed by atoms with Crippen LogP contribution in [0.2, 0.25) is 0 Å². The molecule has 0 aromatic heterocycles. The van der Waals surface area contributed by atoms with E-state index in [0.717, 1.165) is 81.8 Å². The molecule has 0 aliphatic rings. The summed E-state index contributed by atoms with van der Waals surface area (Å²) in [7, 11) is 0. The molecule has 0 saturated carbocycles. The molecule has 79 heavy (non-hydrogen) atoms. The number of benzene rings is 2. The molecule has 0 fully saturated rings. The molecule has 0 amide bonds. The first-order valence-corrected chi connectivity index (χ1v) is 28.4. The molecule has 0 saturated heterocycles. The first kappa shape index (κ1) is 74.7. The number of rotatable bonds is 34. The highest BCUT2D eigenvalue weighted by Gasteiger charge is 2.20. The molecule has 5 N–H and O–H groups in total. The van der Waals surface area contributed by atoms with E-state index in [4.69, 9.17) is 14.9 Å². The molecule has 2 unspecified atom stereocenters. The third-order valence-electron chi connectivity index (χ3n) is 12.6. The van der Waals surface area contributed by atoms with Crippen molar-refractivity contribution in [2.75, 3.05) is 13.2 Å². The van der Waals surface area contributed by atoms with Crippen molar-refractivity contribution in [1.29, 1.82) is 0 Å². The molecule has 0 aliphatic carbocycles. The van der Waals surface area contributed by atoms with E-state index >= 15 is 0 Å². The molecule has 11 heteroatoms. The van der Waals surface area contributed by atoms with E-state index < -0.39 is 35.8 Å². The van der Waals surface area contributed by atoms with E-state index in [-0.39, 0.29) is 23.7 Å². The fourth-order valence-corrected chi connectivity index (χ4v) is 7.86. The summed E-state index contributed by atoms with van der Waals surface area (Å²) in [6.45, 7) is 27.4. The zero-order valence-corrected chi connectivity index (χ0v) is 50.7. The fourth-order valence-electron chi connectivity index (χ4n) is 7.86. The summed E-state index contributed by atoms with van der Waals surface area (Å²) in [6.07, 6.45) is 34.4. The van der Waals surface area contributed by atoms with Crippen molar-refractivity contribution in [3.63, 3.8) is 0 Å². The average molecular weight is 1100 g/mol. The Morgan fingerprint density at radius 2 is 0.949 bits per heavy atom. The van der Waals surface area contributed by atoms with Crippen LogP contribution < -0.4 is 0 Å². The topological polar surface area (TPSA) is 196 Å². The number of carboxylic acids is 5. The highest BCUT2D eigenvalue weighted by Crippen LogP contribution is 2.23. The SMILES string of the molecule is CC(C)=CCCC(C)=CCC(C(=O)O)c1ccccc1.CC(C)=CCCC(C)=CCCOCC(=O)O.CC(C)=CCCC(C)=CCc1cccc(C(=O)O)c1C(=O)O.CCCCCCCC(CC=C(C)CCC=C(C)C)C(=O)O. The van der Waals surface area contributed by atoms with Crippen molar-refractivity contribution in [3.05, 3.63) is 164 Å². The highest BCUT2D eigenvalue weighted by atomic mass is 16.5. The van der Waals surface area contributed by atoms with Crippen LogP contribution in [0.3, 0.4) is 0 Å². The molecule has 2 atom stereocenters. The lowest BCUT2D eigenvalue weighted by molar-refractivity contribution is -0.143. The number of aliphatic carboxylic acids is 3. The van der Waals surface area contributed by atoms with Crippen molar-refractivity contribution in [1.82, 2.24) is 0 Å². The highest BCUT2D eigenvalue weighted by molar-refractivity contribution is 6.02. The van der Waals surface area contributed by atoms with Gasteiger partial charge < -0.3 is 30.3 Å². The lowest BCUT2D eigenvalue weighted by Gasteiger charge is -2.11. The van der Waals surface area contributed by atoms with Crippen molar-refractivity contribution < 1.29 is 54.2 Å². The number of ether oxygens (including phenoxy) is 1. The third kappa shape index (κ3) is 43.3. The number of unbranched alkanes of at least 4 members (excludes halogenated alkanes) is 4. The van der Waals surface area contributed by atoms with Gasteiger partial charge in [0.25, 0.3) is 0 Å². The Morgan fingerprint density at radius 3 is 1.38 bits per heavy atom. The van der Waals surface area contributed by atoms with E-state index in [1.54, 1.807) is 12.1 Å². The van der Waals surface area contributed by atoms with Gasteiger partial charge in [-0.15, -0.1) is 0 Å². The van der Waals surface area contributed by atoms with Crippen LogP contribution in [0, 0.1) is 5.92 Å². The lowest BCUT2D eigenvalue weighted by atomic mass is 9.94. The molecule has 440 valence electrons. The summed E-state index contributed by atoms with van der Waals surface area (Å²) in [6, 6.07) is 14.0. The van der Waals surface area contributed by atoms with Gasteiger partial charge in [0.05, 0.1) is 29.6 Å². The van der Waals surface area contributed by atoms with E-state index in [1.165, 1.54) is 70.8 Å². The summed E-state index contributed by atoms with van der Waals surface area (Å²) in [4.78, 5) is 55.3. The monoisotopic (exact) mass is 1090 g/mol. The van der Waals surface area contributed by atoms with Gasteiger partial charge in [-0.2, -0.15) is 0 Å². The number of carbonyl (C=O) groups is 5. The molecular weight excluding hydrogens is 993 g/mol. The maximum atomic E-state index is 11.4. The summed E-state index contributed by atoms with van der Waals surface area (Å²) in [5.41, 5.74) is 11.4. The average Bonchev–Trinajstić information content (AvgIpc) is 3.36. The maximum absolute atomic E-state index is 11.4. The Hall–Kier alpha value is -6.33. The predicted octanol–water partition coefficient (Wildman–Crippen LogP) is 18.6. The van der Waals surface area contributed by atoms with E-state index in [1.807, 2.05) is 43.3 Å². The quantitative estimate of drug-likeness (QED) is 0.0330. The number of hydrogen-bond acceptors (Lipinski definition) is 6. The van der Waals surface area contributed by atoms with Crippen LogP contribution in [0.4, 0.5) is 0 Å². The number of carboxylic acid groups (broad SMARTS) is 5. The third-order valence-corrected chi connectivity index (χ3v) is 12.6. The van der Waals surface area contributed by atoms with E-state index in [0.29, 0.717) is 31.4 Å². The Balaban J connectivity index is 0. The first-order valence-electron chi connectivity index (χ1n) is 28.4. The van der Waals surface area contributed by atoms with Gasteiger partial charge >= 0.3 is 29.8 Å².